The molecule has 1 aliphatic rings. The first-order valence-corrected chi connectivity index (χ1v) is 8.37. The Balaban J connectivity index is 1.51. The van der Waals surface area contributed by atoms with Crippen LogP contribution in [-0.4, -0.2) is 10.5 Å². The molecule has 1 aromatic carbocycles. The second-order valence-electron chi connectivity index (χ2n) is 6.23. The first-order valence-electron chi connectivity index (χ1n) is 8.37. The highest BCUT2D eigenvalue weighted by Crippen LogP contribution is 2.20. The fraction of sp³-hybridized carbons (Fsp3) is 0.300. The minimum Gasteiger partial charge on any atom is -0.352 e. The number of pyridine rings is 1. The SMILES string of the molecule is O=C(C[C@H]1C=CCC1)NCc1ccc(Cn2ccccc2=O)cc1. The van der Waals surface area contributed by atoms with Crippen molar-refractivity contribution in [1.29, 1.82) is 0 Å². The van der Waals surface area contributed by atoms with Crippen molar-refractivity contribution in [2.75, 3.05) is 0 Å². The molecule has 1 aliphatic carbocycles. The van der Waals surface area contributed by atoms with Crippen molar-refractivity contribution >= 4 is 5.91 Å². The number of amides is 1. The Morgan fingerprint density at radius 3 is 2.62 bits per heavy atom. The highest BCUT2D eigenvalue weighted by atomic mass is 16.1. The maximum atomic E-state index is 11.9. The van der Waals surface area contributed by atoms with Gasteiger partial charge in [-0.15, -0.1) is 0 Å². The third-order valence-electron chi connectivity index (χ3n) is 4.32. The molecule has 1 N–H and O–H groups in total. The van der Waals surface area contributed by atoms with Gasteiger partial charge in [-0.25, -0.2) is 0 Å². The lowest BCUT2D eigenvalue weighted by atomic mass is 10.0. The molecule has 0 unspecified atom stereocenters. The van der Waals surface area contributed by atoms with Crippen LogP contribution in [0.2, 0.25) is 0 Å². The van der Waals surface area contributed by atoms with Gasteiger partial charge in [0, 0.05) is 25.2 Å². The van der Waals surface area contributed by atoms with Gasteiger partial charge in [0.05, 0.1) is 6.54 Å². The van der Waals surface area contributed by atoms with Crippen molar-refractivity contribution in [2.45, 2.75) is 32.4 Å². The van der Waals surface area contributed by atoms with E-state index < -0.39 is 0 Å². The van der Waals surface area contributed by atoms with Crippen molar-refractivity contribution in [2.24, 2.45) is 5.92 Å². The molecule has 0 saturated heterocycles. The van der Waals surface area contributed by atoms with Crippen LogP contribution in [0.5, 0.6) is 0 Å². The third kappa shape index (κ3) is 4.44. The zero-order valence-corrected chi connectivity index (χ0v) is 13.7. The molecule has 1 heterocycles. The Bertz CT molecular complexity index is 775. The van der Waals surface area contributed by atoms with E-state index in [1.54, 1.807) is 22.9 Å². The summed E-state index contributed by atoms with van der Waals surface area (Å²) in [6.07, 6.45) is 8.82. The van der Waals surface area contributed by atoms with Crippen LogP contribution in [0.15, 0.2) is 65.6 Å². The lowest BCUT2D eigenvalue weighted by Gasteiger charge is -2.10. The fourth-order valence-electron chi connectivity index (χ4n) is 2.93. The molecule has 24 heavy (non-hydrogen) atoms. The Morgan fingerprint density at radius 1 is 1.12 bits per heavy atom. The monoisotopic (exact) mass is 322 g/mol. The number of nitrogens with one attached hydrogen (secondary N) is 1. The molecule has 4 heteroatoms. The molecule has 0 bridgehead atoms. The van der Waals surface area contributed by atoms with Crippen LogP contribution in [0.1, 0.15) is 30.4 Å². The predicted molar refractivity (Wildman–Crippen MR) is 94.6 cm³/mol. The topological polar surface area (TPSA) is 51.1 Å². The Morgan fingerprint density at radius 2 is 1.92 bits per heavy atom. The van der Waals surface area contributed by atoms with E-state index in [1.807, 2.05) is 30.3 Å². The standard InChI is InChI=1S/C20H22N2O2/c23-19(13-16-5-1-2-6-16)21-14-17-8-10-18(11-9-17)15-22-12-4-3-7-20(22)24/h1,3-5,7-12,16H,2,6,13-15H2,(H,21,23)/t16-/m0/s1. The van der Waals surface area contributed by atoms with Crippen LogP contribution in [-0.2, 0) is 17.9 Å². The number of benzene rings is 1. The van der Waals surface area contributed by atoms with E-state index in [2.05, 4.69) is 17.5 Å². The second kappa shape index (κ2) is 7.77. The summed E-state index contributed by atoms with van der Waals surface area (Å²) in [4.78, 5) is 23.7. The molecule has 1 atom stereocenters. The Labute approximate surface area is 141 Å². The number of allylic oxidation sites excluding steroid dienone is 2. The summed E-state index contributed by atoms with van der Waals surface area (Å²) in [5.41, 5.74) is 2.12. The van der Waals surface area contributed by atoms with Crippen LogP contribution in [0.25, 0.3) is 0 Å². The summed E-state index contributed by atoms with van der Waals surface area (Å²) in [5, 5.41) is 2.98. The van der Waals surface area contributed by atoms with Gasteiger partial charge in [-0.1, -0.05) is 42.5 Å². The maximum absolute atomic E-state index is 11.9. The molecule has 3 rings (SSSR count). The van der Waals surface area contributed by atoms with E-state index in [0.717, 1.165) is 24.0 Å². The number of rotatable bonds is 6. The smallest absolute Gasteiger partial charge is 0.250 e. The number of hydrogen-bond acceptors (Lipinski definition) is 2. The molecule has 124 valence electrons. The largest absolute Gasteiger partial charge is 0.352 e. The summed E-state index contributed by atoms with van der Waals surface area (Å²) in [6, 6.07) is 13.2. The van der Waals surface area contributed by atoms with E-state index in [4.69, 9.17) is 0 Å². The van der Waals surface area contributed by atoms with Crippen molar-refractivity contribution in [3.05, 3.63) is 82.3 Å². The van der Waals surface area contributed by atoms with E-state index in [-0.39, 0.29) is 11.5 Å². The first-order chi connectivity index (χ1) is 11.7. The second-order valence-corrected chi connectivity index (χ2v) is 6.23. The summed E-state index contributed by atoms with van der Waals surface area (Å²) in [7, 11) is 0. The molecule has 1 aromatic heterocycles. The molecular formula is C20H22N2O2. The molecule has 0 saturated carbocycles. The number of nitrogens with zero attached hydrogens (tertiary/aromatic N) is 1. The van der Waals surface area contributed by atoms with Crippen molar-refractivity contribution in [3.8, 4) is 0 Å². The van der Waals surface area contributed by atoms with Gasteiger partial charge < -0.3 is 9.88 Å². The zero-order valence-electron chi connectivity index (χ0n) is 13.7. The molecular weight excluding hydrogens is 300 g/mol. The minimum absolute atomic E-state index is 0.00481. The molecule has 0 radical (unpaired) electrons. The van der Waals surface area contributed by atoms with Gasteiger partial charge in [0.1, 0.15) is 0 Å². The zero-order chi connectivity index (χ0) is 16.8. The summed E-state index contributed by atoms with van der Waals surface area (Å²) < 4.78 is 1.67. The highest BCUT2D eigenvalue weighted by Gasteiger charge is 2.13. The summed E-state index contributed by atoms with van der Waals surface area (Å²) >= 11 is 0. The van der Waals surface area contributed by atoms with Crippen molar-refractivity contribution in [3.63, 3.8) is 0 Å². The highest BCUT2D eigenvalue weighted by molar-refractivity contribution is 5.76. The normalized spacial score (nSPS) is 16.2. The molecule has 1 amide bonds. The van der Waals surface area contributed by atoms with Crippen LogP contribution >= 0.6 is 0 Å². The fourth-order valence-corrected chi connectivity index (χ4v) is 2.93. The van der Waals surface area contributed by atoms with E-state index >= 15 is 0 Å². The number of hydrogen-bond donors (Lipinski definition) is 1. The van der Waals surface area contributed by atoms with Crippen LogP contribution in [0.3, 0.4) is 0 Å². The van der Waals surface area contributed by atoms with E-state index in [0.29, 0.717) is 25.4 Å². The number of aromatic nitrogens is 1. The van der Waals surface area contributed by atoms with Crippen LogP contribution < -0.4 is 10.9 Å². The van der Waals surface area contributed by atoms with E-state index in [9.17, 15) is 9.59 Å². The molecule has 0 spiro atoms. The first kappa shape index (κ1) is 16.2. The van der Waals surface area contributed by atoms with Gasteiger partial charge in [0.15, 0.2) is 0 Å². The van der Waals surface area contributed by atoms with Gasteiger partial charge >= 0.3 is 0 Å². The number of carbonyl (C=O) groups is 1. The summed E-state index contributed by atoms with van der Waals surface area (Å²) in [6.45, 7) is 1.10. The van der Waals surface area contributed by atoms with Gasteiger partial charge in [-0.3, -0.25) is 9.59 Å². The van der Waals surface area contributed by atoms with Gasteiger partial charge in [-0.05, 0) is 36.0 Å². The van der Waals surface area contributed by atoms with Gasteiger partial charge in [0.2, 0.25) is 5.91 Å². The lowest BCUT2D eigenvalue weighted by Crippen LogP contribution is -2.24. The average molecular weight is 322 g/mol. The maximum Gasteiger partial charge on any atom is 0.250 e. The molecule has 0 aliphatic heterocycles. The molecule has 4 nitrogen and oxygen atoms in total. The average Bonchev–Trinajstić information content (AvgIpc) is 3.09. The van der Waals surface area contributed by atoms with Gasteiger partial charge in [-0.2, -0.15) is 0 Å². The third-order valence-corrected chi connectivity index (χ3v) is 4.32. The van der Waals surface area contributed by atoms with Gasteiger partial charge in [0.25, 0.3) is 5.56 Å². The molecule has 0 fully saturated rings. The van der Waals surface area contributed by atoms with E-state index in [1.165, 1.54) is 0 Å². The predicted octanol–water partition coefficient (Wildman–Crippen LogP) is 2.87. The molecule has 2 aromatic rings. The van der Waals surface area contributed by atoms with Crippen molar-refractivity contribution < 1.29 is 4.79 Å². The minimum atomic E-state index is -0.00481. The number of carbonyl (C=O) groups excluding carboxylic acids is 1. The Kier molecular flexibility index (Phi) is 5.26. The van der Waals surface area contributed by atoms with Crippen LogP contribution in [0.4, 0.5) is 0 Å². The lowest BCUT2D eigenvalue weighted by molar-refractivity contribution is -0.121. The van der Waals surface area contributed by atoms with Crippen LogP contribution in [0, 0.1) is 5.92 Å². The van der Waals surface area contributed by atoms with Crippen molar-refractivity contribution in [1.82, 2.24) is 9.88 Å². The quantitative estimate of drug-likeness (QED) is 0.832. The summed E-state index contributed by atoms with van der Waals surface area (Å²) in [5.74, 6) is 0.503. The Hall–Kier alpha value is -2.62.